The number of carbonyl (C=O) groups is 2. The summed E-state index contributed by atoms with van der Waals surface area (Å²) in [5, 5.41) is 9.52. The zero-order valence-electron chi connectivity index (χ0n) is 13.0. The van der Waals surface area contributed by atoms with E-state index in [2.05, 4.69) is 0 Å². The number of Topliss-reactive ketones (excluding diaryl/α,β-unsaturated/α-hetero) is 1. The van der Waals surface area contributed by atoms with Crippen molar-refractivity contribution in [3.05, 3.63) is 29.8 Å². The summed E-state index contributed by atoms with van der Waals surface area (Å²) in [5.41, 5.74) is -0.821. The molecular formula is C17H22O4. The summed E-state index contributed by atoms with van der Waals surface area (Å²) in [7, 11) is 1.58. The zero-order valence-corrected chi connectivity index (χ0v) is 13.0. The van der Waals surface area contributed by atoms with E-state index >= 15 is 0 Å². The number of hydrogen-bond acceptors (Lipinski definition) is 3. The van der Waals surface area contributed by atoms with Gasteiger partial charge in [-0.2, -0.15) is 0 Å². The standard InChI is InChI=1S/C17H22O4/c1-16(2)13(9-10-17(16,3)15(19)20)14(18)11-5-7-12(21-4)8-6-11/h5-8,13H,9-10H2,1-4H3,(H,19,20)/t13-,17+/m1/s1. The minimum absolute atomic E-state index is 0.0210. The lowest BCUT2D eigenvalue weighted by Gasteiger charge is -2.37. The molecule has 4 heteroatoms. The van der Waals surface area contributed by atoms with E-state index in [4.69, 9.17) is 4.74 Å². The van der Waals surface area contributed by atoms with Gasteiger partial charge in [-0.25, -0.2) is 0 Å². The third-order valence-electron chi connectivity index (χ3n) is 5.39. The summed E-state index contributed by atoms with van der Waals surface area (Å²) in [6.07, 6.45) is 1.14. The van der Waals surface area contributed by atoms with Gasteiger partial charge in [0.25, 0.3) is 0 Å². The highest BCUT2D eigenvalue weighted by Gasteiger charge is 2.58. The monoisotopic (exact) mass is 290 g/mol. The van der Waals surface area contributed by atoms with E-state index in [0.717, 1.165) is 0 Å². The molecule has 1 aromatic carbocycles. The molecule has 114 valence electrons. The summed E-state index contributed by atoms with van der Waals surface area (Å²) in [4.78, 5) is 24.3. The van der Waals surface area contributed by atoms with Crippen LogP contribution in [0.25, 0.3) is 0 Å². The van der Waals surface area contributed by atoms with Crippen LogP contribution in [0.4, 0.5) is 0 Å². The Morgan fingerprint density at radius 1 is 1.19 bits per heavy atom. The smallest absolute Gasteiger partial charge is 0.309 e. The average Bonchev–Trinajstić information content (AvgIpc) is 2.70. The van der Waals surface area contributed by atoms with Gasteiger partial charge in [-0.1, -0.05) is 13.8 Å². The maximum atomic E-state index is 12.7. The molecule has 1 saturated carbocycles. The molecule has 0 radical (unpaired) electrons. The van der Waals surface area contributed by atoms with Crippen molar-refractivity contribution in [2.75, 3.05) is 7.11 Å². The Balaban J connectivity index is 2.30. The number of ketones is 1. The molecule has 4 nitrogen and oxygen atoms in total. The second-order valence-electron chi connectivity index (χ2n) is 6.54. The summed E-state index contributed by atoms with van der Waals surface area (Å²) >= 11 is 0. The lowest BCUT2D eigenvalue weighted by atomic mass is 9.64. The molecule has 0 amide bonds. The number of carboxylic acid groups (broad SMARTS) is 1. The number of carboxylic acids is 1. The minimum atomic E-state index is -0.861. The predicted molar refractivity (Wildman–Crippen MR) is 79.6 cm³/mol. The molecule has 0 heterocycles. The number of methoxy groups -OCH3 is 1. The number of hydrogen-bond donors (Lipinski definition) is 1. The lowest BCUT2D eigenvalue weighted by Crippen LogP contribution is -2.42. The van der Waals surface area contributed by atoms with Gasteiger partial charge in [-0.15, -0.1) is 0 Å². The predicted octanol–water partition coefficient (Wildman–Crippen LogP) is 3.41. The Morgan fingerprint density at radius 3 is 2.19 bits per heavy atom. The number of ether oxygens (including phenoxy) is 1. The molecule has 0 saturated heterocycles. The number of aliphatic carboxylic acids is 1. The van der Waals surface area contributed by atoms with Crippen molar-refractivity contribution in [3.63, 3.8) is 0 Å². The third-order valence-corrected chi connectivity index (χ3v) is 5.39. The van der Waals surface area contributed by atoms with Gasteiger partial charge in [0.15, 0.2) is 5.78 Å². The Hall–Kier alpha value is -1.84. The molecule has 1 aliphatic rings. The Kier molecular flexibility index (Phi) is 3.83. The molecule has 0 bridgehead atoms. The van der Waals surface area contributed by atoms with Crippen molar-refractivity contribution in [2.45, 2.75) is 33.6 Å². The molecule has 1 aliphatic carbocycles. The van der Waals surface area contributed by atoms with Crippen molar-refractivity contribution in [3.8, 4) is 5.75 Å². The van der Waals surface area contributed by atoms with E-state index in [-0.39, 0.29) is 11.7 Å². The SMILES string of the molecule is COc1ccc(C(=O)[C@H]2CC[C@@](C)(C(=O)O)C2(C)C)cc1. The first-order valence-corrected chi connectivity index (χ1v) is 7.15. The van der Waals surface area contributed by atoms with Gasteiger partial charge >= 0.3 is 5.97 Å². The minimum Gasteiger partial charge on any atom is -0.497 e. The van der Waals surface area contributed by atoms with Gasteiger partial charge < -0.3 is 9.84 Å². The van der Waals surface area contributed by atoms with Crippen LogP contribution in [0.2, 0.25) is 0 Å². The molecule has 0 aliphatic heterocycles. The molecule has 0 unspecified atom stereocenters. The number of carbonyl (C=O) groups excluding carboxylic acids is 1. The first-order chi connectivity index (χ1) is 9.74. The summed E-state index contributed by atoms with van der Waals surface area (Å²) in [5.74, 6) is -0.371. The van der Waals surface area contributed by atoms with Crippen LogP contribution >= 0.6 is 0 Å². The molecule has 2 atom stereocenters. The first-order valence-electron chi connectivity index (χ1n) is 7.15. The largest absolute Gasteiger partial charge is 0.497 e. The zero-order chi connectivity index (χ0) is 15.8. The van der Waals surface area contributed by atoms with Crippen LogP contribution in [0.3, 0.4) is 0 Å². The van der Waals surface area contributed by atoms with Gasteiger partial charge in [0, 0.05) is 11.5 Å². The normalized spacial score (nSPS) is 27.3. The molecule has 1 aromatic rings. The van der Waals surface area contributed by atoms with Gasteiger partial charge in [0.1, 0.15) is 5.75 Å². The van der Waals surface area contributed by atoms with E-state index in [1.807, 2.05) is 13.8 Å². The third kappa shape index (κ3) is 2.33. The van der Waals surface area contributed by atoms with Crippen LogP contribution in [-0.4, -0.2) is 24.0 Å². The maximum absolute atomic E-state index is 12.7. The van der Waals surface area contributed by atoms with Gasteiger partial charge in [0.05, 0.1) is 12.5 Å². The van der Waals surface area contributed by atoms with Crippen LogP contribution in [-0.2, 0) is 4.79 Å². The van der Waals surface area contributed by atoms with Crippen molar-refractivity contribution in [1.29, 1.82) is 0 Å². The molecule has 1 N–H and O–H groups in total. The quantitative estimate of drug-likeness (QED) is 0.863. The second-order valence-corrected chi connectivity index (χ2v) is 6.54. The first kappa shape index (κ1) is 15.5. The van der Waals surface area contributed by atoms with Crippen LogP contribution in [0, 0.1) is 16.7 Å². The summed E-state index contributed by atoms with van der Waals surface area (Å²) < 4.78 is 5.09. The van der Waals surface area contributed by atoms with Crippen LogP contribution in [0.5, 0.6) is 5.75 Å². The summed E-state index contributed by atoms with van der Waals surface area (Å²) in [6, 6.07) is 7.00. The van der Waals surface area contributed by atoms with Gasteiger partial charge in [-0.3, -0.25) is 9.59 Å². The molecule has 0 aromatic heterocycles. The molecule has 2 rings (SSSR count). The van der Waals surface area contributed by atoms with Crippen molar-refractivity contribution in [2.24, 2.45) is 16.7 Å². The lowest BCUT2D eigenvalue weighted by molar-refractivity contribution is -0.153. The Labute approximate surface area is 125 Å². The van der Waals surface area contributed by atoms with Crippen molar-refractivity contribution in [1.82, 2.24) is 0 Å². The molecule has 0 spiro atoms. The highest BCUT2D eigenvalue weighted by Crippen LogP contribution is 2.56. The molecule has 21 heavy (non-hydrogen) atoms. The van der Waals surface area contributed by atoms with E-state index in [0.29, 0.717) is 24.2 Å². The van der Waals surface area contributed by atoms with Crippen molar-refractivity contribution < 1.29 is 19.4 Å². The maximum Gasteiger partial charge on any atom is 0.309 e. The van der Waals surface area contributed by atoms with E-state index in [1.165, 1.54) is 0 Å². The summed E-state index contributed by atoms with van der Waals surface area (Å²) in [6.45, 7) is 5.52. The van der Waals surface area contributed by atoms with Crippen LogP contribution in [0.15, 0.2) is 24.3 Å². The second kappa shape index (κ2) is 5.17. The number of benzene rings is 1. The van der Waals surface area contributed by atoms with E-state index in [9.17, 15) is 14.7 Å². The highest BCUT2D eigenvalue weighted by atomic mass is 16.5. The van der Waals surface area contributed by atoms with Gasteiger partial charge in [0.2, 0.25) is 0 Å². The van der Waals surface area contributed by atoms with Gasteiger partial charge in [-0.05, 0) is 49.4 Å². The Morgan fingerprint density at radius 2 is 1.76 bits per heavy atom. The van der Waals surface area contributed by atoms with E-state index < -0.39 is 16.8 Å². The highest BCUT2D eigenvalue weighted by molar-refractivity contribution is 5.99. The molecule has 1 fully saturated rings. The number of rotatable bonds is 4. The topological polar surface area (TPSA) is 63.6 Å². The van der Waals surface area contributed by atoms with Crippen molar-refractivity contribution >= 4 is 11.8 Å². The Bertz CT molecular complexity index is 559. The fourth-order valence-corrected chi connectivity index (χ4v) is 3.30. The van der Waals surface area contributed by atoms with E-state index in [1.54, 1.807) is 38.3 Å². The van der Waals surface area contributed by atoms with Crippen LogP contribution < -0.4 is 4.74 Å². The molecular weight excluding hydrogens is 268 g/mol. The fraction of sp³-hybridized carbons (Fsp3) is 0.529. The van der Waals surface area contributed by atoms with Crippen LogP contribution in [0.1, 0.15) is 44.0 Å². The fourth-order valence-electron chi connectivity index (χ4n) is 3.30. The average molecular weight is 290 g/mol.